The standard InChI is InChI=1S/C33H31N3O3/c1-24-22-28(25(2)36(24)29-16-10-5-11-17-29)23-30-31(37)34(20-18-26-12-6-3-7-13-26)33(39)35(32(30)38)21-19-27-14-8-4-9-15-27/h3-17,22-23H,18-21H2,1-2H3. The first-order valence-corrected chi connectivity index (χ1v) is 13.2. The molecule has 6 heteroatoms. The van der Waals surface area contributed by atoms with Gasteiger partial charge in [-0.1, -0.05) is 78.9 Å². The number of nitrogens with zero attached hydrogens (tertiary/aromatic N) is 3. The first-order valence-electron chi connectivity index (χ1n) is 13.2. The van der Waals surface area contributed by atoms with Gasteiger partial charge in [0.05, 0.1) is 0 Å². The van der Waals surface area contributed by atoms with Gasteiger partial charge < -0.3 is 4.57 Å². The minimum absolute atomic E-state index is 0.00374. The van der Waals surface area contributed by atoms with Crippen molar-refractivity contribution in [2.24, 2.45) is 0 Å². The zero-order valence-electron chi connectivity index (χ0n) is 22.2. The molecule has 1 aliphatic heterocycles. The molecule has 0 aliphatic carbocycles. The highest BCUT2D eigenvalue weighted by atomic mass is 16.2. The zero-order chi connectivity index (χ0) is 27.4. The third-order valence-corrected chi connectivity index (χ3v) is 7.13. The van der Waals surface area contributed by atoms with Crippen LogP contribution in [0.3, 0.4) is 0 Å². The van der Waals surface area contributed by atoms with Crippen LogP contribution < -0.4 is 0 Å². The molecule has 39 heavy (non-hydrogen) atoms. The summed E-state index contributed by atoms with van der Waals surface area (Å²) in [4.78, 5) is 43.2. The molecule has 196 valence electrons. The van der Waals surface area contributed by atoms with Crippen molar-refractivity contribution >= 4 is 23.9 Å². The number of aromatic nitrogens is 1. The Bertz CT molecular complexity index is 1460. The number of amides is 4. The van der Waals surface area contributed by atoms with E-state index in [1.807, 2.05) is 111 Å². The van der Waals surface area contributed by atoms with Crippen molar-refractivity contribution in [2.75, 3.05) is 13.1 Å². The average molecular weight is 518 g/mol. The van der Waals surface area contributed by atoms with Crippen LogP contribution in [0.2, 0.25) is 0 Å². The summed E-state index contributed by atoms with van der Waals surface area (Å²) >= 11 is 0. The lowest BCUT2D eigenvalue weighted by molar-refractivity contribution is -0.135. The van der Waals surface area contributed by atoms with E-state index >= 15 is 0 Å². The van der Waals surface area contributed by atoms with Gasteiger partial charge in [-0.05, 0) is 67.7 Å². The van der Waals surface area contributed by atoms with Crippen molar-refractivity contribution < 1.29 is 14.4 Å². The van der Waals surface area contributed by atoms with Gasteiger partial charge in [0.25, 0.3) is 11.8 Å². The van der Waals surface area contributed by atoms with E-state index in [4.69, 9.17) is 0 Å². The molecule has 4 aromatic rings. The van der Waals surface area contributed by atoms with E-state index in [-0.39, 0.29) is 18.7 Å². The molecule has 1 fully saturated rings. The maximum absolute atomic E-state index is 13.6. The van der Waals surface area contributed by atoms with E-state index in [0.29, 0.717) is 12.8 Å². The predicted octanol–water partition coefficient (Wildman–Crippen LogP) is 5.75. The van der Waals surface area contributed by atoms with Gasteiger partial charge in [0, 0.05) is 30.2 Å². The normalized spacial score (nSPS) is 13.8. The van der Waals surface area contributed by atoms with Gasteiger partial charge in [-0.3, -0.25) is 19.4 Å². The lowest BCUT2D eigenvalue weighted by Gasteiger charge is -2.34. The topological polar surface area (TPSA) is 62.6 Å². The average Bonchev–Trinajstić information content (AvgIpc) is 3.24. The number of hydrogen-bond donors (Lipinski definition) is 0. The van der Waals surface area contributed by atoms with Gasteiger partial charge in [-0.15, -0.1) is 0 Å². The quantitative estimate of drug-likeness (QED) is 0.221. The van der Waals surface area contributed by atoms with E-state index in [0.717, 1.165) is 33.8 Å². The van der Waals surface area contributed by atoms with Gasteiger partial charge in [0.15, 0.2) is 0 Å². The Balaban J connectivity index is 1.49. The van der Waals surface area contributed by atoms with Crippen LogP contribution in [0.5, 0.6) is 0 Å². The molecule has 0 bridgehead atoms. The van der Waals surface area contributed by atoms with E-state index in [1.54, 1.807) is 6.08 Å². The van der Waals surface area contributed by atoms with Gasteiger partial charge in [-0.2, -0.15) is 0 Å². The number of rotatable bonds is 8. The molecule has 0 unspecified atom stereocenters. The molecule has 0 radical (unpaired) electrons. The first kappa shape index (κ1) is 25.9. The lowest BCUT2D eigenvalue weighted by atomic mass is 10.0. The van der Waals surface area contributed by atoms with Crippen molar-refractivity contribution in [3.05, 3.63) is 131 Å². The van der Waals surface area contributed by atoms with Crippen LogP contribution >= 0.6 is 0 Å². The number of para-hydroxylation sites is 1. The summed E-state index contributed by atoms with van der Waals surface area (Å²) in [6, 6.07) is 30.8. The predicted molar refractivity (Wildman–Crippen MR) is 152 cm³/mol. The van der Waals surface area contributed by atoms with E-state index < -0.39 is 17.8 Å². The van der Waals surface area contributed by atoms with Crippen LogP contribution in [0, 0.1) is 13.8 Å². The molecule has 4 amide bonds. The number of hydrogen-bond acceptors (Lipinski definition) is 3. The Labute approximate surface area is 228 Å². The van der Waals surface area contributed by atoms with Crippen LogP contribution in [-0.2, 0) is 22.4 Å². The molecule has 0 N–H and O–H groups in total. The second-order valence-electron chi connectivity index (χ2n) is 9.72. The maximum Gasteiger partial charge on any atom is 0.333 e. The fourth-order valence-electron chi connectivity index (χ4n) is 5.05. The lowest BCUT2D eigenvalue weighted by Crippen LogP contribution is -2.57. The monoisotopic (exact) mass is 517 g/mol. The minimum atomic E-state index is -0.566. The summed E-state index contributed by atoms with van der Waals surface area (Å²) in [5.74, 6) is -1.11. The molecule has 5 rings (SSSR count). The Morgan fingerprint density at radius 2 is 1.10 bits per heavy atom. The Morgan fingerprint density at radius 1 is 0.641 bits per heavy atom. The first-order chi connectivity index (χ1) is 18.9. The number of urea groups is 1. The Kier molecular flexibility index (Phi) is 7.55. The van der Waals surface area contributed by atoms with Gasteiger partial charge >= 0.3 is 6.03 Å². The van der Waals surface area contributed by atoms with Crippen LogP contribution in [-0.4, -0.2) is 45.3 Å². The van der Waals surface area contributed by atoms with Crippen molar-refractivity contribution in [3.63, 3.8) is 0 Å². The van der Waals surface area contributed by atoms with Gasteiger partial charge in [0.1, 0.15) is 5.57 Å². The summed E-state index contributed by atoms with van der Waals surface area (Å²) in [6.45, 7) is 4.35. The molecule has 3 aromatic carbocycles. The molecular formula is C33H31N3O3. The molecule has 2 heterocycles. The molecule has 0 atom stereocenters. The Morgan fingerprint density at radius 3 is 1.59 bits per heavy atom. The van der Waals surface area contributed by atoms with E-state index in [9.17, 15) is 14.4 Å². The highest BCUT2D eigenvalue weighted by Crippen LogP contribution is 2.26. The van der Waals surface area contributed by atoms with Gasteiger partial charge in [0.2, 0.25) is 0 Å². The molecule has 1 saturated heterocycles. The van der Waals surface area contributed by atoms with Crippen LogP contribution in [0.1, 0.15) is 28.1 Å². The fourth-order valence-corrected chi connectivity index (χ4v) is 5.05. The van der Waals surface area contributed by atoms with Crippen LogP contribution in [0.15, 0.2) is 103 Å². The van der Waals surface area contributed by atoms with Crippen LogP contribution in [0.4, 0.5) is 4.79 Å². The third-order valence-electron chi connectivity index (χ3n) is 7.13. The Hall–Kier alpha value is -4.71. The van der Waals surface area contributed by atoms with Crippen molar-refractivity contribution in [1.29, 1.82) is 0 Å². The number of carbonyl (C=O) groups is 3. The van der Waals surface area contributed by atoms with Gasteiger partial charge in [-0.25, -0.2) is 4.79 Å². The number of carbonyl (C=O) groups excluding carboxylic acids is 3. The van der Waals surface area contributed by atoms with E-state index in [1.165, 1.54) is 9.80 Å². The van der Waals surface area contributed by atoms with Crippen molar-refractivity contribution in [3.8, 4) is 5.69 Å². The summed E-state index contributed by atoms with van der Waals surface area (Å²) in [7, 11) is 0. The second-order valence-corrected chi connectivity index (χ2v) is 9.72. The smallest absolute Gasteiger partial charge is 0.318 e. The molecule has 0 saturated carbocycles. The molecule has 0 spiro atoms. The summed E-state index contributed by atoms with van der Waals surface area (Å²) in [5.41, 5.74) is 5.71. The summed E-state index contributed by atoms with van der Waals surface area (Å²) < 4.78 is 2.09. The minimum Gasteiger partial charge on any atom is -0.318 e. The molecule has 1 aliphatic rings. The number of benzene rings is 3. The highest BCUT2D eigenvalue weighted by Gasteiger charge is 2.41. The molecule has 6 nitrogen and oxygen atoms in total. The number of imide groups is 2. The van der Waals surface area contributed by atoms with Crippen molar-refractivity contribution in [2.45, 2.75) is 26.7 Å². The van der Waals surface area contributed by atoms with E-state index in [2.05, 4.69) is 4.57 Å². The maximum atomic E-state index is 13.6. The molecular weight excluding hydrogens is 486 g/mol. The number of barbiturate groups is 1. The number of aryl methyl sites for hydroxylation is 1. The summed E-state index contributed by atoms with van der Waals surface area (Å²) in [6.07, 6.45) is 2.66. The summed E-state index contributed by atoms with van der Waals surface area (Å²) in [5, 5.41) is 0. The SMILES string of the molecule is Cc1cc(C=C2C(=O)N(CCc3ccccc3)C(=O)N(CCc3ccccc3)C2=O)c(C)n1-c1ccccc1. The van der Waals surface area contributed by atoms with Crippen LogP contribution in [0.25, 0.3) is 11.8 Å². The van der Waals surface area contributed by atoms with Crippen molar-refractivity contribution in [1.82, 2.24) is 14.4 Å². The fraction of sp³-hybridized carbons (Fsp3) is 0.182. The third kappa shape index (κ3) is 5.46. The second kappa shape index (κ2) is 11.4. The molecule has 1 aromatic heterocycles. The highest BCUT2D eigenvalue weighted by molar-refractivity contribution is 6.31. The largest absolute Gasteiger partial charge is 0.333 e. The zero-order valence-corrected chi connectivity index (χ0v) is 22.2.